The third-order valence-corrected chi connectivity index (χ3v) is 4.87. The van der Waals surface area contributed by atoms with E-state index in [0.717, 1.165) is 18.2 Å². The lowest BCUT2D eigenvalue weighted by molar-refractivity contribution is -0.127. The van der Waals surface area contributed by atoms with Crippen molar-refractivity contribution in [2.75, 3.05) is 37.9 Å². The summed E-state index contributed by atoms with van der Waals surface area (Å²) in [5.41, 5.74) is 6.67. The molecule has 0 atom stereocenters. The number of anilines is 2. The molecule has 2 aromatic rings. The molecule has 3 rings (SSSR count). The highest BCUT2D eigenvalue weighted by Crippen LogP contribution is 2.34. The summed E-state index contributed by atoms with van der Waals surface area (Å²) in [6.45, 7) is 7.40. The number of halogens is 1. The summed E-state index contributed by atoms with van der Waals surface area (Å²) in [5, 5.41) is 3.79. The molecule has 1 aromatic carbocycles. The van der Waals surface area contributed by atoms with Crippen molar-refractivity contribution >= 4 is 41.0 Å². The third-order valence-electron chi connectivity index (χ3n) is 4.87. The van der Waals surface area contributed by atoms with Gasteiger partial charge in [-0.15, -0.1) is 12.4 Å². The van der Waals surface area contributed by atoms with Gasteiger partial charge in [-0.2, -0.15) is 4.98 Å². The zero-order valence-electron chi connectivity index (χ0n) is 17.6. The van der Waals surface area contributed by atoms with E-state index >= 15 is 0 Å². The van der Waals surface area contributed by atoms with Crippen molar-refractivity contribution in [2.24, 2.45) is 5.92 Å². The van der Waals surface area contributed by atoms with E-state index in [1.807, 2.05) is 20.8 Å². The summed E-state index contributed by atoms with van der Waals surface area (Å²) in [4.78, 5) is 23.6. The van der Waals surface area contributed by atoms with E-state index in [2.05, 4.69) is 20.2 Å². The Hall–Kier alpha value is -2.48. The smallest absolute Gasteiger partial charge is 0.227 e. The standard InChI is InChI=1S/C20H29N5O3.ClH/c1-20(2,3)24-18(26)12-6-8-25(9-7-12)19-22-14-11-16(28-5)15(27-4)10-13(14)17(21)23-19;/h10-12H,6-9H2,1-5H3,(H,24,26)(H2,21,22,23);1H. The molecule has 1 fully saturated rings. The number of carbonyl (C=O) groups is 1. The van der Waals surface area contributed by atoms with Crippen LogP contribution in [0.25, 0.3) is 10.9 Å². The Morgan fingerprint density at radius 3 is 2.28 bits per heavy atom. The van der Waals surface area contributed by atoms with Crippen LogP contribution >= 0.6 is 12.4 Å². The SMILES string of the molecule is COc1cc2nc(N3CCC(C(=O)NC(C)(C)C)CC3)nc(N)c2cc1OC.Cl. The molecule has 1 amide bonds. The minimum absolute atomic E-state index is 0. The lowest BCUT2D eigenvalue weighted by atomic mass is 9.94. The fraction of sp³-hybridized carbons (Fsp3) is 0.550. The van der Waals surface area contributed by atoms with Crippen LogP contribution in [0.3, 0.4) is 0 Å². The second-order valence-electron chi connectivity index (χ2n) is 8.13. The zero-order chi connectivity index (χ0) is 20.5. The van der Waals surface area contributed by atoms with Crippen molar-refractivity contribution in [3.63, 3.8) is 0 Å². The van der Waals surface area contributed by atoms with Gasteiger partial charge in [-0.05, 0) is 39.7 Å². The Kier molecular flexibility index (Phi) is 7.00. The number of aromatic nitrogens is 2. The first kappa shape index (κ1) is 22.8. The van der Waals surface area contributed by atoms with Gasteiger partial charge < -0.3 is 25.4 Å². The highest BCUT2D eigenvalue weighted by atomic mass is 35.5. The number of ether oxygens (including phenoxy) is 2. The largest absolute Gasteiger partial charge is 0.493 e. The Morgan fingerprint density at radius 2 is 1.72 bits per heavy atom. The minimum Gasteiger partial charge on any atom is -0.493 e. The van der Waals surface area contributed by atoms with Gasteiger partial charge in [0.05, 0.1) is 19.7 Å². The van der Waals surface area contributed by atoms with Crippen LogP contribution in [0, 0.1) is 5.92 Å². The van der Waals surface area contributed by atoms with Crippen molar-refractivity contribution in [1.29, 1.82) is 0 Å². The van der Waals surface area contributed by atoms with Crippen molar-refractivity contribution in [1.82, 2.24) is 15.3 Å². The van der Waals surface area contributed by atoms with Gasteiger partial charge in [0.25, 0.3) is 0 Å². The van der Waals surface area contributed by atoms with Crippen molar-refractivity contribution in [2.45, 2.75) is 39.2 Å². The average Bonchev–Trinajstić information content (AvgIpc) is 2.65. The molecular weight excluding hydrogens is 394 g/mol. The van der Waals surface area contributed by atoms with E-state index < -0.39 is 0 Å². The number of nitrogens with one attached hydrogen (secondary N) is 1. The lowest BCUT2D eigenvalue weighted by Crippen LogP contribution is -2.47. The van der Waals surface area contributed by atoms with E-state index in [1.54, 1.807) is 26.4 Å². The summed E-state index contributed by atoms with van der Waals surface area (Å²) in [6.07, 6.45) is 1.52. The molecule has 0 bridgehead atoms. The van der Waals surface area contributed by atoms with Gasteiger partial charge in [0.1, 0.15) is 5.82 Å². The third kappa shape index (κ3) is 5.12. The molecule has 2 heterocycles. The molecule has 0 spiro atoms. The van der Waals surface area contributed by atoms with Gasteiger partial charge in [-0.1, -0.05) is 0 Å². The van der Waals surface area contributed by atoms with Crippen LogP contribution in [0.4, 0.5) is 11.8 Å². The van der Waals surface area contributed by atoms with Crippen molar-refractivity contribution in [3.8, 4) is 11.5 Å². The van der Waals surface area contributed by atoms with Gasteiger partial charge in [-0.3, -0.25) is 4.79 Å². The molecule has 0 radical (unpaired) electrons. The molecule has 29 heavy (non-hydrogen) atoms. The normalized spacial score (nSPS) is 15.0. The molecule has 1 aliphatic heterocycles. The molecule has 1 aliphatic rings. The Morgan fingerprint density at radius 1 is 1.14 bits per heavy atom. The fourth-order valence-corrected chi connectivity index (χ4v) is 3.42. The maximum atomic E-state index is 12.4. The second-order valence-corrected chi connectivity index (χ2v) is 8.13. The van der Waals surface area contributed by atoms with Gasteiger partial charge in [0, 0.05) is 36.0 Å². The van der Waals surface area contributed by atoms with E-state index in [9.17, 15) is 4.79 Å². The zero-order valence-corrected chi connectivity index (χ0v) is 18.4. The predicted molar refractivity (Wildman–Crippen MR) is 117 cm³/mol. The molecular formula is C20H30ClN5O3. The Bertz CT molecular complexity index is 877. The average molecular weight is 424 g/mol. The monoisotopic (exact) mass is 423 g/mol. The summed E-state index contributed by atoms with van der Waals surface area (Å²) in [7, 11) is 3.16. The van der Waals surface area contributed by atoms with Gasteiger partial charge >= 0.3 is 0 Å². The number of fused-ring (bicyclic) bond motifs is 1. The quantitative estimate of drug-likeness (QED) is 0.779. The van der Waals surface area contributed by atoms with Crippen LogP contribution in [0.15, 0.2) is 12.1 Å². The van der Waals surface area contributed by atoms with E-state index in [0.29, 0.717) is 41.9 Å². The van der Waals surface area contributed by atoms with Crippen LogP contribution in [-0.2, 0) is 4.79 Å². The number of hydrogen-bond acceptors (Lipinski definition) is 7. The fourth-order valence-electron chi connectivity index (χ4n) is 3.42. The van der Waals surface area contributed by atoms with E-state index in [4.69, 9.17) is 15.2 Å². The number of nitrogen functional groups attached to an aromatic ring is 1. The summed E-state index contributed by atoms with van der Waals surface area (Å²) >= 11 is 0. The highest BCUT2D eigenvalue weighted by Gasteiger charge is 2.28. The minimum atomic E-state index is -0.218. The molecule has 8 nitrogen and oxygen atoms in total. The Balaban J connectivity index is 0.00000300. The van der Waals surface area contributed by atoms with Gasteiger partial charge in [-0.25, -0.2) is 4.98 Å². The van der Waals surface area contributed by atoms with Crippen LogP contribution < -0.4 is 25.4 Å². The number of rotatable bonds is 4. The molecule has 0 saturated carbocycles. The van der Waals surface area contributed by atoms with E-state index in [-0.39, 0.29) is 29.8 Å². The van der Waals surface area contributed by atoms with Gasteiger partial charge in [0.2, 0.25) is 11.9 Å². The lowest BCUT2D eigenvalue weighted by Gasteiger charge is -2.33. The number of methoxy groups -OCH3 is 2. The van der Waals surface area contributed by atoms with Crippen LogP contribution in [-0.4, -0.2) is 48.7 Å². The first-order valence-electron chi connectivity index (χ1n) is 9.48. The number of carbonyl (C=O) groups excluding carboxylic acids is 1. The molecule has 160 valence electrons. The second kappa shape index (κ2) is 8.90. The number of nitrogens with two attached hydrogens (primary N) is 1. The molecule has 1 saturated heterocycles. The predicted octanol–water partition coefficient (Wildman–Crippen LogP) is 2.78. The van der Waals surface area contributed by atoms with Crippen molar-refractivity contribution in [3.05, 3.63) is 12.1 Å². The van der Waals surface area contributed by atoms with Crippen molar-refractivity contribution < 1.29 is 14.3 Å². The molecule has 0 aliphatic carbocycles. The number of hydrogen-bond donors (Lipinski definition) is 2. The first-order valence-corrected chi connectivity index (χ1v) is 9.48. The van der Waals surface area contributed by atoms with Crippen LogP contribution in [0.1, 0.15) is 33.6 Å². The number of nitrogens with zero attached hydrogens (tertiary/aromatic N) is 3. The molecule has 1 aromatic heterocycles. The number of benzene rings is 1. The summed E-state index contributed by atoms with van der Waals surface area (Å²) in [6, 6.07) is 3.59. The summed E-state index contributed by atoms with van der Waals surface area (Å²) in [5.74, 6) is 2.28. The highest BCUT2D eigenvalue weighted by molar-refractivity contribution is 5.91. The number of amides is 1. The maximum absolute atomic E-state index is 12.4. The van der Waals surface area contributed by atoms with E-state index in [1.165, 1.54) is 0 Å². The van der Waals surface area contributed by atoms with Crippen LogP contribution in [0.5, 0.6) is 11.5 Å². The first-order chi connectivity index (χ1) is 13.2. The maximum Gasteiger partial charge on any atom is 0.227 e. The molecule has 3 N–H and O–H groups in total. The van der Waals surface area contributed by atoms with Crippen LogP contribution in [0.2, 0.25) is 0 Å². The topological polar surface area (TPSA) is 103 Å². The molecule has 0 unspecified atom stereocenters. The van der Waals surface area contributed by atoms with Gasteiger partial charge in [0.15, 0.2) is 11.5 Å². The Labute approximate surface area is 177 Å². The molecule has 9 heteroatoms. The summed E-state index contributed by atoms with van der Waals surface area (Å²) < 4.78 is 10.7. The number of piperidine rings is 1.